The first-order chi connectivity index (χ1) is 16.5. The van der Waals surface area contributed by atoms with Gasteiger partial charge in [0, 0.05) is 50.6 Å². The normalized spacial score (nSPS) is 43.1. The number of nitrogens with zero attached hydrogens (tertiary/aromatic N) is 2. The number of carbonyl (C=O) groups is 1. The van der Waals surface area contributed by atoms with Crippen LogP contribution in [0.25, 0.3) is 0 Å². The van der Waals surface area contributed by atoms with E-state index in [2.05, 4.69) is 35.8 Å². The van der Waals surface area contributed by atoms with Crippen molar-refractivity contribution in [3.05, 3.63) is 23.8 Å². The zero-order valence-corrected chi connectivity index (χ0v) is 20.3. The highest BCUT2D eigenvalue weighted by atomic mass is 16.7. The summed E-state index contributed by atoms with van der Waals surface area (Å²) in [5, 5.41) is 0. The van der Waals surface area contributed by atoms with Gasteiger partial charge in [-0.05, 0) is 42.9 Å². The van der Waals surface area contributed by atoms with Crippen LogP contribution in [0.4, 0.5) is 0 Å². The third kappa shape index (κ3) is 3.09. The van der Waals surface area contributed by atoms with E-state index < -0.39 is 0 Å². The van der Waals surface area contributed by atoms with E-state index in [1.165, 1.54) is 24.8 Å². The van der Waals surface area contributed by atoms with Gasteiger partial charge in [0.1, 0.15) is 11.7 Å². The average molecular weight is 469 g/mol. The summed E-state index contributed by atoms with van der Waals surface area (Å²) >= 11 is 0. The lowest BCUT2D eigenvalue weighted by molar-refractivity contribution is -0.146. The summed E-state index contributed by atoms with van der Waals surface area (Å²) in [4.78, 5) is 18.0. The van der Waals surface area contributed by atoms with Gasteiger partial charge >= 0.3 is 5.97 Å². The highest BCUT2D eigenvalue weighted by Gasteiger charge is 2.78. The molecule has 2 aliphatic carbocycles. The van der Waals surface area contributed by atoms with Crippen molar-refractivity contribution in [2.45, 2.75) is 63.9 Å². The number of hydrogen-bond acceptors (Lipinski definition) is 7. The van der Waals surface area contributed by atoms with E-state index >= 15 is 0 Å². The highest BCUT2D eigenvalue weighted by molar-refractivity contribution is 5.76. The summed E-state index contributed by atoms with van der Waals surface area (Å²) < 4.78 is 23.6. The minimum atomic E-state index is -0.0477. The number of epoxide rings is 1. The second-order valence-electron chi connectivity index (χ2n) is 11.8. The standard InChI is InChI=1S/C27H36N2O5/c1-17-4-3-7-26(2)13-22-23(24-27(17,26)34-24)19(25(30)33-22)15-29-10-8-28(9-11-29)14-18-5-6-20-21(12-18)32-16-31-20/h5-6,12,17,19,22-24H,3-4,7-11,13-16H2,1-2H3/t17-,19-,22-,23+,24+,26+,27-/m1/s1. The van der Waals surface area contributed by atoms with Gasteiger partial charge in [-0.2, -0.15) is 0 Å². The molecule has 6 aliphatic rings. The molecule has 0 bridgehead atoms. The van der Waals surface area contributed by atoms with Crippen LogP contribution in [0.15, 0.2) is 18.2 Å². The quantitative estimate of drug-likeness (QED) is 0.497. The lowest BCUT2D eigenvalue weighted by Gasteiger charge is -2.49. The molecule has 7 nitrogen and oxygen atoms in total. The largest absolute Gasteiger partial charge is 0.462 e. The molecular weight excluding hydrogens is 432 g/mol. The molecule has 0 unspecified atom stereocenters. The zero-order chi connectivity index (χ0) is 23.1. The number of rotatable bonds is 4. The number of esters is 1. The van der Waals surface area contributed by atoms with Crippen LogP contribution in [0.5, 0.6) is 11.5 Å². The third-order valence-electron chi connectivity index (χ3n) is 9.96. The van der Waals surface area contributed by atoms with Gasteiger partial charge < -0.3 is 18.9 Å². The van der Waals surface area contributed by atoms with Crippen LogP contribution in [0.1, 0.15) is 45.1 Å². The van der Waals surface area contributed by atoms with E-state index in [0.29, 0.717) is 12.7 Å². The molecular formula is C27H36N2O5. The van der Waals surface area contributed by atoms with Gasteiger partial charge in [-0.25, -0.2) is 0 Å². The average Bonchev–Trinajstić information content (AvgIpc) is 3.28. The Morgan fingerprint density at radius 2 is 1.88 bits per heavy atom. The van der Waals surface area contributed by atoms with Gasteiger partial charge in [-0.3, -0.25) is 14.6 Å². The summed E-state index contributed by atoms with van der Waals surface area (Å²) in [5.41, 5.74) is 1.40. The van der Waals surface area contributed by atoms with E-state index in [4.69, 9.17) is 18.9 Å². The fourth-order valence-corrected chi connectivity index (χ4v) is 8.15. The first-order valence-electron chi connectivity index (χ1n) is 13.2. The number of carbonyl (C=O) groups excluding carboxylic acids is 1. The van der Waals surface area contributed by atoms with Crippen molar-refractivity contribution < 1.29 is 23.7 Å². The Kier molecular flexibility index (Phi) is 4.78. The van der Waals surface area contributed by atoms with E-state index in [1.54, 1.807) is 0 Å². The van der Waals surface area contributed by atoms with Crippen molar-refractivity contribution in [2.75, 3.05) is 39.5 Å². The molecule has 4 heterocycles. The van der Waals surface area contributed by atoms with Crippen LogP contribution >= 0.6 is 0 Å². The Labute approximate surface area is 201 Å². The second-order valence-corrected chi connectivity index (χ2v) is 11.8. The maximum Gasteiger partial charge on any atom is 0.311 e. The number of hydrogen-bond donors (Lipinski definition) is 0. The molecule has 0 amide bonds. The number of piperazine rings is 1. The molecule has 7 heteroatoms. The number of fused-ring (bicyclic) bond motifs is 3. The fourth-order valence-electron chi connectivity index (χ4n) is 8.15. The van der Waals surface area contributed by atoms with Crippen LogP contribution in [-0.2, 0) is 20.8 Å². The van der Waals surface area contributed by atoms with Gasteiger partial charge in [-0.1, -0.05) is 26.3 Å². The van der Waals surface area contributed by atoms with E-state index in [-0.39, 0.29) is 41.0 Å². The Morgan fingerprint density at radius 1 is 1.09 bits per heavy atom. The summed E-state index contributed by atoms with van der Waals surface area (Å²) in [5.74, 6) is 2.46. The minimum absolute atomic E-state index is 0.0119. The molecule has 7 rings (SSSR count). The molecule has 34 heavy (non-hydrogen) atoms. The van der Waals surface area contributed by atoms with Gasteiger partial charge in [0.15, 0.2) is 11.5 Å². The maximum absolute atomic E-state index is 13.0. The molecule has 1 aromatic rings. The lowest BCUT2D eigenvalue weighted by atomic mass is 9.53. The number of ether oxygens (including phenoxy) is 4. The summed E-state index contributed by atoms with van der Waals surface area (Å²) in [7, 11) is 0. The third-order valence-corrected chi connectivity index (χ3v) is 9.96. The van der Waals surface area contributed by atoms with E-state index in [9.17, 15) is 4.79 Å². The SMILES string of the molecule is C[C@@H]1CCC[C@@]2(C)C[C@H]3OC(=O)[C@H](CN4CCN(Cc5ccc6c(c5)OCO6)CC4)[C@@H]3[C@@H]3O[C@]132. The first-order valence-corrected chi connectivity index (χ1v) is 13.2. The second kappa shape index (κ2) is 7.58. The van der Waals surface area contributed by atoms with Crippen molar-refractivity contribution in [3.63, 3.8) is 0 Å². The topological polar surface area (TPSA) is 63.8 Å². The molecule has 0 aromatic heterocycles. The van der Waals surface area contributed by atoms with Crippen molar-refractivity contribution in [1.29, 1.82) is 0 Å². The molecule has 1 aromatic carbocycles. The Hall–Kier alpha value is -1.83. The molecule has 3 saturated heterocycles. The molecule has 4 aliphatic heterocycles. The highest BCUT2D eigenvalue weighted by Crippen LogP contribution is 2.70. The molecule has 7 atom stereocenters. The Balaban J connectivity index is 0.989. The predicted molar refractivity (Wildman–Crippen MR) is 124 cm³/mol. The molecule has 184 valence electrons. The van der Waals surface area contributed by atoms with Crippen LogP contribution in [0.2, 0.25) is 0 Å². The zero-order valence-electron chi connectivity index (χ0n) is 20.3. The van der Waals surface area contributed by atoms with Crippen LogP contribution in [0.3, 0.4) is 0 Å². The number of benzene rings is 1. The van der Waals surface area contributed by atoms with E-state index in [0.717, 1.165) is 57.2 Å². The summed E-state index contributed by atoms with van der Waals surface area (Å²) in [6.07, 6.45) is 4.93. The minimum Gasteiger partial charge on any atom is -0.462 e. The van der Waals surface area contributed by atoms with Crippen LogP contribution in [0, 0.1) is 23.2 Å². The van der Waals surface area contributed by atoms with Gasteiger partial charge in [0.2, 0.25) is 6.79 Å². The predicted octanol–water partition coefficient (Wildman–Crippen LogP) is 3.06. The monoisotopic (exact) mass is 468 g/mol. The Morgan fingerprint density at radius 3 is 2.74 bits per heavy atom. The van der Waals surface area contributed by atoms with Crippen LogP contribution in [-0.4, -0.2) is 73.1 Å². The van der Waals surface area contributed by atoms with Gasteiger partial charge in [0.25, 0.3) is 0 Å². The first kappa shape index (κ1) is 21.5. The van der Waals surface area contributed by atoms with Crippen molar-refractivity contribution in [3.8, 4) is 11.5 Å². The van der Waals surface area contributed by atoms with Gasteiger partial charge in [0.05, 0.1) is 12.0 Å². The maximum atomic E-state index is 13.0. The molecule has 2 saturated carbocycles. The van der Waals surface area contributed by atoms with Crippen molar-refractivity contribution >= 4 is 5.97 Å². The lowest BCUT2D eigenvalue weighted by Crippen LogP contribution is -2.55. The van der Waals surface area contributed by atoms with Crippen LogP contribution < -0.4 is 9.47 Å². The summed E-state index contributed by atoms with van der Waals surface area (Å²) in [6, 6.07) is 6.23. The van der Waals surface area contributed by atoms with Crippen molar-refractivity contribution in [1.82, 2.24) is 9.80 Å². The molecule has 1 spiro atoms. The Bertz CT molecular complexity index is 993. The van der Waals surface area contributed by atoms with E-state index in [1.807, 2.05) is 6.07 Å². The smallest absolute Gasteiger partial charge is 0.311 e. The molecule has 0 radical (unpaired) electrons. The fraction of sp³-hybridized carbons (Fsp3) is 0.741. The van der Waals surface area contributed by atoms with Crippen molar-refractivity contribution in [2.24, 2.45) is 23.2 Å². The molecule has 5 fully saturated rings. The molecule has 0 N–H and O–H groups in total. The summed E-state index contributed by atoms with van der Waals surface area (Å²) in [6.45, 7) is 10.8. The van der Waals surface area contributed by atoms with Gasteiger partial charge in [-0.15, -0.1) is 0 Å².